The average molecular weight is 1840 g/mol. The third-order valence-electron chi connectivity index (χ3n) is 36.6. The van der Waals surface area contributed by atoms with Gasteiger partial charge in [-0.15, -0.1) is 0 Å². The van der Waals surface area contributed by atoms with Crippen LogP contribution in [0.4, 0.5) is 0 Å². The Balaban J connectivity index is 0.000000103. The first-order valence-electron chi connectivity index (χ1n) is 52.4. The van der Waals surface area contributed by atoms with E-state index in [1.807, 2.05) is 66.7 Å². The molecule has 0 aliphatic heterocycles. The van der Waals surface area contributed by atoms with E-state index in [2.05, 4.69) is 80.0 Å². The van der Waals surface area contributed by atoms with Crippen molar-refractivity contribution in [2.24, 2.45) is 107 Å². The second kappa shape index (κ2) is 41.1. The van der Waals surface area contributed by atoms with Crippen molar-refractivity contribution in [1.29, 1.82) is 5.26 Å². The molecule has 0 atom stereocenters. The lowest BCUT2D eigenvalue weighted by molar-refractivity contribution is -0.119. The summed E-state index contributed by atoms with van der Waals surface area (Å²) in [5.41, 5.74) is 10.8. The molecule has 0 unspecified atom stereocenters. The first-order chi connectivity index (χ1) is 64.2. The smallest absolute Gasteiger partial charge is 0.152 e. The zero-order valence-corrected chi connectivity index (χ0v) is 81.0. The van der Waals surface area contributed by atoms with Crippen LogP contribution in [0.15, 0.2) is 134 Å². The van der Waals surface area contributed by atoms with Crippen molar-refractivity contribution in [1.82, 2.24) is 41.9 Å². The van der Waals surface area contributed by atoms with Crippen LogP contribution >= 0.6 is 23.2 Å². The molecular weight excluding hydrogens is 1690 g/mol. The van der Waals surface area contributed by atoms with Crippen molar-refractivity contribution in [2.45, 2.75) is 317 Å². The number of aryl methyl sites for hydroxylation is 2. The van der Waals surface area contributed by atoms with Crippen LogP contribution in [0.1, 0.15) is 281 Å². The second-order valence-corrected chi connectivity index (χ2v) is 48.7. The minimum atomic E-state index is 0.223. The molecule has 24 aliphatic carbocycles. The predicted molar refractivity (Wildman–Crippen MR) is 526 cm³/mol. The molecule has 24 saturated carbocycles. The van der Waals surface area contributed by atoms with E-state index in [1.165, 1.54) is 248 Å². The number of nitrogens with zero attached hydrogens (tertiary/aromatic N) is 3. The van der Waals surface area contributed by atoms with E-state index in [0.29, 0.717) is 99.8 Å². The maximum absolute atomic E-state index is 12.5. The second-order valence-electron chi connectivity index (χ2n) is 47.9. The molecule has 18 heteroatoms. The maximum atomic E-state index is 12.5. The standard InChI is InChI=1S/C21H29NO.C20H24N2O.C19H24ClNO.C19H25NO2.C18H23ClN2O.C18H24N2O/c1-14-4-3-5-15(2)20(14)9-19(23)13-22-21-10-16-6-17(11-21)8-18(7-16)12-21;21-12-15-3-1-14(2-4-15)8-19(23)13-22-20-9-16-5-17(10-20)7-18(6-16)11-20;20-17-3-1-13(2-4-17)8-18(22)12-21-19-9-14-5-15(10-19)7-16(6-14)11-19;21-17-3-1-2-13(7-17)8-18(22)12-20-19-9-14-4-15(10-19)6-16(5-14)11-19;19-17-2-1-12(10-20-17)6-16(22)11-21-18-7-13-3-14(8-18)5-15(4-13)9-18;21-17(8-16-3-1-2-4-19-16)12-20-18-9-13-5-14(10-18)7-15(6-13)11-18/h3-5,16-18,22H,6-13H2,1-2H3;1-4,16-18,22H,5-11,13H2;1-4,14-16,21H,5-12H2;1-3,7,14-16,20-21H,4-6,8-12H2;1-2,10,13-15,21H,3-9,11H2;1-4,13-15,20H,5-12H2. The van der Waals surface area contributed by atoms with E-state index in [0.717, 1.165) is 139 Å². The van der Waals surface area contributed by atoms with E-state index >= 15 is 0 Å². The molecule has 4 aromatic carbocycles. The molecule has 24 fully saturated rings. The average Bonchev–Trinajstić information content (AvgIpc) is 0.775. The number of phenolic OH excluding ortho intramolecular Hbond substituents is 1. The van der Waals surface area contributed by atoms with E-state index in [-0.39, 0.29) is 62.4 Å². The highest BCUT2D eigenvalue weighted by molar-refractivity contribution is 6.30. The molecule has 2 aromatic heterocycles. The van der Waals surface area contributed by atoms with Gasteiger partial charge in [0.2, 0.25) is 0 Å². The highest BCUT2D eigenvalue weighted by Crippen LogP contribution is 2.61. The van der Waals surface area contributed by atoms with Gasteiger partial charge in [-0.25, -0.2) is 4.98 Å². The summed E-state index contributed by atoms with van der Waals surface area (Å²) in [7, 11) is 0. The number of rotatable bonds is 30. The van der Waals surface area contributed by atoms with Crippen LogP contribution in [0.2, 0.25) is 10.2 Å². The van der Waals surface area contributed by atoms with Gasteiger partial charge in [0.05, 0.1) is 57.3 Å². The van der Waals surface area contributed by atoms with Crippen molar-refractivity contribution >= 4 is 57.9 Å². The van der Waals surface area contributed by atoms with Gasteiger partial charge in [-0.05, 0) is 445 Å². The highest BCUT2D eigenvalue weighted by Gasteiger charge is 2.57. The lowest BCUT2D eigenvalue weighted by Crippen LogP contribution is -2.59. The first-order valence-corrected chi connectivity index (χ1v) is 53.1. The molecule has 24 bridgehead atoms. The summed E-state index contributed by atoms with van der Waals surface area (Å²) < 4.78 is 0. The number of Topliss-reactive ketones (excluding diaryl/α,β-unsaturated/α-hetero) is 6. The number of nitriles is 1. The SMILES string of the molecule is Cc1cccc(C)c1CC(=O)CNC12CC3CC(CC(C3)C1)C2.N#Cc1ccc(CC(=O)CNC23CC4CC(CC(C4)C2)C3)cc1.O=C(CNC12CC3CC(CC(C3)C1)C2)Cc1ccc(Cl)cc1.O=C(CNC12CC3CC(CC(C3)C1)C2)Cc1ccc(Cl)nc1.O=C(CNC12CC3CC(CC(C3)C1)C2)Cc1cccc(O)c1.O=C(CNC12CC3CC(CC(C3)C1)C2)Cc1ccccn1. The molecule has 0 saturated heterocycles. The molecular formula is C115H149Cl2N9O7. The number of nitrogens with one attached hydrogen (secondary N) is 6. The summed E-state index contributed by atoms with van der Waals surface area (Å²) in [6, 6.07) is 39.8. The normalized spacial score (nSPS) is 35.5. The Bertz CT molecular complexity index is 4800. The molecule has 16 nitrogen and oxygen atoms in total. The van der Waals surface area contributed by atoms with E-state index < -0.39 is 0 Å². The molecule has 0 radical (unpaired) electrons. The van der Waals surface area contributed by atoms with E-state index in [1.54, 1.807) is 48.8 Å². The van der Waals surface area contributed by atoms with Crippen LogP contribution in [0.5, 0.6) is 5.75 Å². The van der Waals surface area contributed by atoms with Gasteiger partial charge in [0.1, 0.15) is 10.9 Å². The fraction of sp³-hybridized carbons (Fsp3) is 0.643. The maximum Gasteiger partial charge on any atom is 0.152 e. The predicted octanol–water partition coefficient (Wildman–Crippen LogP) is 20.4. The molecule has 7 N–H and O–H groups in total. The van der Waals surface area contributed by atoms with Gasteiger partial charge < -0.3 is 37.0 Å². The van der Waals surface area contributed by atoms with Crippen molar-refractivity contribution in [3.05, 3.63) is 194 Å². The van der Waals surface area contributed by atoms with Gasteiger partial charge >= 0.3 is 0 Å². The van der Waals surface area contributed by atoms with Crippen LogP contribution in [0, 0.1) is 132 Å². The van der Waals surface area contributed by atoms with Crippen molar-refractivity contribution in [2.75, 3.05) is 39.3 Å². The summed E-state index contributed by atoms with van der Waals surface area (Å²) in [6.07, 6.45) is 55.5. The number of halogens is 2. The zero-order chi connectivity index (χ0) is 91.6. The fourth-order valence-corrected chi connectivity index (χ4v) is 33.7. The lowest BCUT2D eigenvalue weighted by Gasteiger charge is -2.57. The Hall–Kier alpha value is -7.17. The van der Waals surface area contributed by atoms with Crippen LogP contribution in [-0.4, -0.2) is 122 Å². The summed E-state index contributed by atoms with van der Waals surface area (Å²) in [5.74, 6) is 18.4. The van der Waals surface area contributed by atoms with Gasteiger partial charge in [-0.1, -0.05) is 89.9 Å². The van der Waals surface area contributed by atoms with Crippen LogP contribution in [0.25, 0.3) is 0 Å². The molecule has 710 valence electrons. The molecule has 6 aromatic rings. The minimum Gasteiger partial charge on any atom is -0.508 e. The number of hydrogen-bond donors (Lipinski definition) is 7. The summed E-state index contributed by atoms with van der Waals surface area (Å²) in [6.45, 7) is 7.28. The highest BCUT2D eigenvalue weighted by atomic mass is 35.5. The van der Waals surface area contributed by atoms with Crippen molar-refractivity contribution < 1.29 is 33.9 Å². The molecule has 0 amide bonds. The summed E-state index contributed by atoms with van der Waals surface area (Å²) in [4.78, 5) is 82.2. The van der Waals surface area contributed by atoms with Crippen molar-refractivity contribution in [3.63, 3.8) is 0 Å². The van der Waals surface area contributed by atoms with Crippen LogP contribution in [-0.2, 0) is 67.3 Å². The lowest BCUT2D eigenvalue weighted by atomic mass is 9.53. The Morgan fingerprint density at radius 1 is 0.323 bits per heavy atom. The fourth-order valence-electron chi connectivity index (χ4n) is 33.5. The number of aromatic hydroxyl groups is 1. The third kappa shape index (κ3) is 24.2. The number of hydrogen-bond acceptors (Lipinski definition) is 16. The minimum absolute atomic E-state index is 0.223. The van der Waals surface area contributed by atoms with Crippen LogP contribution in [0.3, 0.4) is 0 Å². The third-order valence-corrected chi connectivity index (χ3v) is 37.1. The quantitative estimate of drug-likeness (QED) is 0.0207. The Morgan fingerprint density at radius 3 is 0.887 bits per heavy atom. The number of pyridine rings is 2. The Kier molecular flexibility index (Phi) is 29.3. The monoisotopic (exact) mass is 1840 g/mol. The number of phenols is 1. The topological polar surface area (TPSA) is 244 Å². The molecule has 0 spiro atoms. The van der Waals surface area contributed by atoms with Gasteiger partial charge in [-0.2, -0.15) is 5.26 Å². The number of carbonyl (C=O) groups is 6. The molecule has 24 aliphatic rings. The largest absolute Gasteiger partial charge is 0.508 e. The summed E-state index contributed by atoms with van der Waals surface area (Å²) in [5, 5.41) is 41.6. The van der Waals surface area contributed by atoms with Gasteiger partial charge in [0.25, 0.3) is 0 Å². The molecule has 133 heavy (non-hydrogen) atoms. The van der Waals surface area contributed by atoms with E-state index in [9.17, 15) is 33.9 Å². The van der Waals surface area contributed by atoms with E-state index in [4.69, 9.17) is 28.5 Å². The molecule has 30 rings (SSSR count). The van der Waals surface area contributed by atoms with Crippen LogP contribution < -0.4 is 31.9 Å². The number of carbonyl (C=O) groups excluding carboxylic acids is 6. The van der Waals surface area contributed by atoms with Gasteiger partial charge in [0.15, 0.2) is 34.7 Å². The summed E-state index contributed by atoms with van der Waals surface area (Å²) >= 11 is 11.7. The number of benzene rings is 4. The Morgan fingerprint density at radius 2 is 0.602 bits per heavy atom. The van der Waals surface area contributed by atoms with Gasteiger partial charge in [-0.3, -0.25) is 33.8 Å². The van der Waals surface area contributed by atoms with Crippen molar-refractivity contribution in [3.8, 4) is 11.8 Å². The number of aromatic nitrogens is 2. The Labute approximate surface area is 802 Å². The van der Waals surface area contributed by atoms with Gasteiger partial charge in [0, 0.05) is 88.4 Å². The zero-order valence-electron chi connectivity index (χ0n) is 79.5. The first kappa shape index (κ1) is 94.8. The number of ketones is 6. The molecule has 2 heterocycles.